The average Bonchev–Trinajstić information content (AvgIpc) is 3.22. The van der Waals surface area contributed by atoms with Gasteiger partial charge in [0.2, 0.25) is 5.91 Å². The highest BCUT2D eigenvalue weighted by Gasteiger charge is 2.45. The van der Waals surface area contributed by atoms with Crippen LogP contribution in [-0.2, 0) is 14.3 Å². The van der Waals surface area contributed by atoms with Crippen LogP contribution in [-0.4, -0.2) is 55.0 Å². The van der Waals surface area contributed by atoms with Gasteiger partial charge in [-0.15, -0.1) is 0 Å². The molecule has 1 heterocycles. The molecule has 1 aliphatic heterocycles. The number of nitrogens with zero attached hydrogens (tertiary/aromatic N) is 1. The summed E-state index contributed by atoms with van der Waals surface area (Å²) in [5.74, 6) is -1.90. The van der Waals surface area contributed by atoms with Crippen molar-refractivity contribution in [1.29, 1.82) is 0 Å². The maximum atomic E-state index is 12.9. The summed E-state index contributed by atoms with van der Waals surface area (Å²) < 4.78 is 34.7. The zero-order chi connectivity index (χ0) is 21.7. The number of amides is 2. The molecule has 1 saturated heterocycles. The van der Waals surface area contributed by atoms with Crippen LogP contribution in [0.3, 0.4) is 0 Å². The Labute approximate surface area is 173 Å². The van der Waals surface area contributed by atoms with E-state index in [1.807, 2.05) is 0 Å². The Morgan fingerprint density at radius 3 is 2.53 bits per heavy atom. The molecule has 1 unspecified atom stereocenters. The number of carbonyl (C=O) groups is 3. The highest BCUT2D eigenvalue weighted by atomic mass is 19.3. The molecule has 0 spiro atoms. The van der Waals surface area contributed by atoms with E-state index in [-0.39, 0.29) is 23.8 Å². The Kier molecular flexibility index (Phi) is 6.89. The molecule has 1 saturated carbocycles. The van der Waals surface area contributed by atoms with Crippen molar-refractivity contribution in [2.75, 3.05) is 20.2 Å². The number of halogens is 2. The Hall–Kier alpha value is -2.71. The van der Waals surface area contributed by atoms with Gasteiger partial charge in [-0.2, -0.15) is 8.78 Å². The van der Waals surface area contributed by atoms with Crippen molar-refractivity contribution in [2.24, 2.45) is 5.92 Å². The van der Waals surface area contributed by atoms with Crippen LogP contribution in [0.1, 0.15) is 48.9 Å². The number of ether oxygens (including phenoxy) is 2. The molecule has 164 valence electrons. The number of para-hydroxylation sites is 1. The highest BCUT2D eigenvalue weighted by molar-refractivity contribution is 5.97. The third kappa shape index (κ3) is 4.71. The molecule has 1 aromatic rings. The van der Waals surface area contributed by atoms with Crippen LogP contribution in [0.15, 0.2) is 24.3 Å². The first-order valence-electron chi connectivity index (χ1n) is 10.1. The summed E-state index contributed by atoms with van der Waals surface area (Å²) in [6, 6.07) is 5.82. The van der Waals surface area contributed by atoms with E-state index in [1.54, 1.807) is 6.07 Å². The van der Waals surface area contributed by atoms with Crippen molar-refractivity contribution < 1.29 is 32.6 Å². The first-order chi connectivity index (χ1) is 14.4. The van der Waals surface area contributed by atoms with Gasteiger partial charge in [0.05, 0.1) is 18.6 Å². The molecule has 1 aliphatic carbocycles. The molecule has 1 atom stereocenters. The van der Waals surface area contributed by atoms with E-state index in [2.05, 4.69) is 10.1 Å². The first-order valence-corrected chi connectivity index (χ1v) is 10.1. The number of alkyl halides is 2. The van der Waals surface area contributed by atoms with E-state index < -0.39 is 29.9 Å². The van der Waals surface area contributed by atoms with Crippen LogP contribution < -0.4 is 10.1 Å². The predicted octanol–water partition coefficient (Wildman–Crippen LogP) is 2.74. The number of likely N-dealkylation sites (tertiary alicyclic amines) is 1. The maximum Gasteiger partial charge on any atom is 0.387 e. The molecule has 2 fully saturated rings. The lowest BCUT2D eigenvalue weighted by Crippen LogP contribution is -2.56. The third-order valence-electron chi connectivity index (χ3n) is 5.81. The molecule has 30 heavy (non-hydrogen) atoms. The highest BCUT2D eigenvalue weighted by Crippen LogP contribution is 2.32. The van der Waals surface area contributed by atoms with Crippen molar-refractivity contribution in [3.63, 3.8) is 0 Å². The molecular formula is C21H26F2N2O5. The van der Waals surface area contributed by atoms with Gasteiger partial charge in [0.25, 0.3) is 5.91 Å². The van der Waals surface area contributed by atoms with Crippen LogP contribution in [0.4, 0.5) is 8.78 Å². The quantitative estimate of drug-likeness (QED) is 0.710. The van der Waals surface area contributed by atoms with Crippen LogP contribution in [0.5, 0.6) is 5.75 Å². The first kappa shape index (κ1) is 22.0. The van der Waals surface area contributed by atoms with Gasteiger partial charge in [-0.1, -0.05) is 25.0 Å². The van der Waals surface area contributed by atoms with E-state index in [1.165, 1.54) is 30.2 Å². The zero-order valence-corrected chi connectivity index (χ0v) is 16.9. The number of piperidine rings is 1. The lowest BCUT2D eigenvalue weighted by molar-refractivity contribution is -0.151. The molecule has 3 rings (SSSR count). The molecule has 1 aromatic carbocycles. The van der Waals surface area contributed by atoms with Gasteiger partial charge in [0, 0.05) is 13.1 Å². The van der Waals surface area contributed by atoms with Gasteiger partial charge in [0.15, 0.2) is 0 Å². The molecule has 2 aliphatic rings. The fourth-order valence-corrected chi connectivity index (χ4v) is 4.28. The van der Waals surface area contributed by atoms with Crippen LogP contribution in [0.2, 0.25) is 0 Å². The number of methoxy groups -OCH3 is 1. The molecule has 9 heteroatoms. The second-order valence-corrected chi connectivity index (χ2v) is 7.74. The molecule has 7 nitrogen and oxygen atoms in total. The smallest absolute Gasteiger partial charge is 0.387 e. The van der Waals surface area contributed by atoms with Crippen LogP contribution >= 0.6 is 0 Å². The predicted molar refractivity (Wildman–Crippen MR) is 103 cm³/mol. The summed E-state index contributed by atoms with van der Waals surface area (Å²) in [6.07, 6.45) is 3.87. The minimum atomic E-state index is -3.04. The fraction of sp³-hybridized carbons (Fsp3) is 0.571. The van der Waals surface area contributed by atoms with E-state index in [4.69, 9.17) is 4.74 Å². The third-order valence-corrected chi connectivity index (χ3v) is 5.81. The van der Waals surface area contributed by atoms with E-state index in [0.717, 1.165) is 12.8 Å². The fourth-order valence-electron chi connectivity index (χ4n) is 4.28. The Balaban J connectivity index is 1.70. The summed E-state index contributed by atoms with van der Waals surface area (Å²) >= 11 is 0. The number of carbonyl (C=O) groups excluding carboxylic acids is 3. The topological polar surface area (TPSA) is 84.9 Å². The lowest BCUT2D eigenvalue weighted by atomic mass is 9.92. The van der Waals surface area contributed by atoms with E-state index in [0.29, 0.717) is 32.2 Å². The zero-order valence-electron chi connectivity index (χ0n) is 16.9. The molecule has 0 aromatic heterocycles. The second kappa shape index (κ2) is 9.40. The summed E-state index contributed by atoms with van der Waals surface area (Å²) in [4.78, 5) is 39.6. The monoisotopic (exact) mass is 424 g/mol. The van der Waals surface area contributed by atoms with Crippen molar-refractivity contribution in [2.45, 2.75) is 50.7 Å². The van der Waals surface area contributed by atoms with Gasteiger partial charge >= 0.3 is 12.6 Å². The van der Waals surface area contributed by atoms with Crippen molar-refractivity contribution in [1.82, 2.24) is 10.2 Å². The minimum Gasteiger partial charge on any atom is -0.467 e. The van der Waals surface area contributed by atoms with Gasteiger partial charge in [-0.05, 0) is 37.8 Å². The molecule has 0 radical (unpaired) electrons. The Morgan fingerprint density at radius 1 is 1.17 bits per heavy atom. The van der Waals surface area contributed by atoms with E-state index >= 15 is 0 Å². The van der Waals surface area contributed by atoms with Gasteiger partial charge in [0.1, 0.15) is 11.3 Å². The van der Waals surface area contributed by atoms with Gasteiger partial charge < -0.3 is 19.7 Å². The number of esters is 1. The molecule has 2 amide bonds. The number of nitrogens with one attached hydrogen (secondary N) is 1. The standard InChI is InChI=1S/C21H26F2N2O5/c1-29-19(28)21(10-4-5-11-21)24-17(26)14-7-6-12-25(13-14)18(27)15-8-2-3-9-16(15)30-20(22)23/h2-3,8-9,14,20H,4-7,10-13H2,1H3,(H,24,26). The summed E-state index contributed by atoms with van der Waals surface area (Å²) in [5, 5.41) is 2.87. The van der Waals surface area contributed by atoms with Crippen molar-refractivity contribution in [3.8, 4) is 5.75 Å². The number of rotatable bonds is 6. The molecule has 1 N–H and O–H groups in total. The van der Waals surface area contributed by atoms with Gasteiger partial charge in [-0.3, -0.25) is 9.59 Å². The number of hydrogen-bond acceptors (Lipinski definition) is 5. The average molecular weight is 424 g/mol. The van der Waals surface area contributed by atoms with E-state index in [9.17, 15) is 23.2 Å². The molecular weight excluding hydrogens is 398 g/mol. The second-order valence-electron chi connectivity index (χ2n) is 7.74. The Morgan fingerprint density at radius 2 is 1.87 bits per heavy atom. The number of hydrogen-bond donors (Lipinski definition) is 1. The largest absolute Gasteiger partial charge is 0.467 e. The van der Waals surface area contributed by atoms with Crippen molar-refractivity contribution >= 4 is 17.8 Å². The summed E-state index contributed by atoms with van der Waals surface area (Å²) in [7, 11) is 1.30. The molecule has 0 bridgehead atoms. The Bertz CT molecular complexity index is 795. The maximum absolute atomic E-state index is 12.9. The normalized spacial score (nSPS) is 20.7. The minimum absolute atomic E-state index is 0.0284. The van der Waals surface area contributed by atoms with Crippen LogP contribution in [0.25, 0.3) is 0 Å². The lowest BCUT2D eigenvalue weighted by Gasteiger charge is -2.35. The van der Waals surface area contributed by atoms with Crippen LogP contribution in [0, 0.1) is 5.92 Å². The van der Waals surface area contributed by atoms with Gasteiger partial charge in [-0.25, -0.2) is 4.79 Å². The number of benzene rings is 1. The SMILES string of the molecule is COC(=O)C1(NC(=O)C2CCCN(C(=O)c3ccccc3OC(F)F)C2)CCCC1. The van der Waals surface area contributed by atoms with Crippen molar-refractivity contribution in [3.05, 3.63) is 29.8 Å². The summed E-state index contributed by atoms with van der Waals surface area (Å²) in [5.41, 5.74) is -0.976. The summed E-state index contributed by atoms with van der Waals surface area (Å²) in [6.45, 7) is -2.49.